The standard InChI is InChI=1S/C25H22BrN3O4S/c1-12-21(24(32)29-25-28-15-8-7-14(26)11-20(15)34-25)22(13-6-9-17(30)19(10-13)33-2)23-16(27-12)4-3-5-18(23)31/h6-11,22,27,30H,3-5H2,1-2H3,(H,28,29,32). The SMILES string of the molecule is COc1cc(C2C(C(=O)Nc3nc4ccc(Br)cc4s3)=C(C)NC3=C2C(=O)CCC3)ccc1O. The van der Waals surface area contributed by atoms with Gasteiger partial charge in [0.25, 0.3) is 5.91 Å². The molecule has 0 radical (unpaired) electrons. The normalized spacial score (nSPS) is 18.1. The summed E-state index contributed by atoms with van der Waals surface area (Å²) < 4.78 is 7.19. The van der Waals surface area contributed by atoms with E-state index in [4.69, 9.17) is 4.74 Å². The summed E-state index contributed by atoms with van der Waals surface area (Å²) >= 11 is 4.85. The molecule has 1 amide bonds. The number of Topliss-reactive ketones (excluding diaryl/α,β-unsaturated/α-hetero) is 1. The number of ether oxygens (including phenoxy) is 1. The number of halogens is 1. The number of carbonyl (C=O) groups excluding carboxylic acids is 2. The van der Waals surface area contributed by atoms with Crippen molar-refractivity contribution >= 4 is 54.3 Å². The number of benzene rings is 2. The molecule has 1 unspecified atom stereocenters. The van der Waals surface area contributed by atoms with Crippen LogP contribution in [-0.2, 0) is 9.59 Å². The molecule has 0 fully saturated rings. The maximum atomic E-state index is 13.6. The first-order valence-corrected chi connectivity index (χ1v) is 12.4. The van der Waals surface area contributed by atoms with E-state index in [1.165, 1.54) is 24.5 Å². The van der Waals surface area contributed by atoms with E-state index in [9.17, 15) is 14.7 Å². The van der Waals surface area contributed by atoms with Gasteiger partial charge in [-0.3, -0.25) is 14.9 Å². The second kappa shape index (κ2) is 8.88. The Morgan fingerprint density at radius 1 is 1.26 bits per heavy atom. The number of phenolic OH excluding ortho intramolecular Hbond substituents is 1. The highest BCUT2D eigenvalue weighted by Gasteiger charge is 2.39. The van der Waals surface area contributed by atoms with E-state index in [2.05, 4.69) is 31.5 Å². The number of phenols is 1. The molecule has 1 atom stereocenters. The summed E-state index contributed by atoms with van der Waals surface area (Å²) in [4.78, 5) is 31.2. The van der Waals surface area contributed by atoms with Crippen molar-refractivity contribution in [3.8, 4) is 11.5 Å². The largest absolute Gasteiger partial charge is 0.504 e. The van der Waals surface area contributed by atoms with Gasteiger partial charge in [-0.1, -0.05) is 33.3 Å². The number of nitrogens with one attached hydrogen (secondary N) is 2. The van der Waals surface area contributed by atoms with Crippen LogP contribution in [0.25, 0.3) is 10.2 Å². The van der Waals surface area contributed by atoms with Crippen LogP contribution >= 0.6 is 27.3 Å². The number of nitrogens with zero attached hydrogens (tertiary/aromatic N) is 1. The fraction of sp³-hybridized carbons (Fsp3) is 0.240. The summed E-state index contributed by atoms with van der Waals surface area (Å²) in [7, 11) is 1.47. The van der Waals surface area contributed by atoms with Crippen molar-refractivity contribution in [3.63, 3.8) is 0 Å². The van der Waals surface area contributed by atoms with Crippen LogP contribution in [-0.4, -0.2) is 28.9 Å². The number of aromatic nitrogens is 1. The van der Waals surface area contributed by atoms with E-state index >= 15 is 0 Å². The number of fused-ring (bicyclic) bond motifs is 1. The molecule has 2 aromatic carbocycles. The van der Waals surface area contributed by atoms with Gasteiger partial charge in [0.1, 0.15) is 0 Å². The molecule has 0 spiro atoms. The molecular formula is C25H22BrN3O4S. The van der Waals surface area contributed by atoms with Crippen LogP contribution in [0.2, 0.25) is 0 Å². The number of rotatable bonds is 4. The minimum Gasteiger partial charge on any atom is -0.504 e. The number of dihydropyridines is 1. The van der Waals surface area contributed by atoms with Gasteiger partial charge < -0.3 is 15.2 Å². The van der Waals surface area contributed by atoms with E-state index in [1.807, 2.05) is 25.1 Å². The van der Waals surface area contributed by atoms with Crippen LogP contribution in [0.15, 0.2) is 63.4 Å². The number of anilines is 1. The van der Waals surface area contributed by atoms with Crippen LogP contribution in [0, 0.1) is 0 Å². The van der Waals surface area contributed by atoms with Crippen molar-refractivity contribution in [3.05, 3.63) is 69.0 Å². The quantitative estimate of drug-likeness (QED) is 0.411. The average Bonchev–Trinajstić information content (AvgIpc) is 3.19. The Kier molecular flexibility index (Phi) is 5.91. The van der Waals surface area contributed by atoms with E-state index < -0.39 is 5.92 Å². The third kappa shape index (κ3) is 3.99. The smallest absolute Gasteiger partial charge is 0.256 e. The van der Waals surface area contributed by atoms with E-state index in [1.54, 1.807) is 12.1 Å². The highest BCUT2D eigenvalue weighted by Crippen LogP contribution is 2.44. The number of ketones is 1. The lowest BCUT2D eigenvalue weighted by Crippen LogP contribution is -2.35. The molecule has 5 rings (SSSR count). The molecule has 2 aliphatic rings. The van der Waals surface area contributed by atoms with Crippen molar-refractivity contribution in [1.29, 1.82) is 0 Å². The Morgan fingerprint density at radius 3 is 2.88 bits per heavy atom. The van der Waals surface area contributed by atoms with E-state index in [0.717, 1.165) is 33.2 Å². The van der Waals surface area contributed by atoms with Crippen molar-refractivity contribution in [2.75, 3.05) is 12.4 Å². The lowest BCUT2D eigenvalue weighted by molar-refractivity contribution is -0.116. The second-order valence-electron chi connectivity index (χ2n) is 8.28. The first-order valence-electron chi connectivity index (χ1n) is 10.8. The lowest BCUT2D eigenvalue weighted by Gasteiger charge is -2.34. The summed E-state index contributed by atoms with van der Waals surface area (Å²) in [5.41, 5.74) is 4.09. The zero-order valence-corrected chi connectivity index (χ0v) is 21.0. The number of allylic oxidation sites excluding steroid dienone is 3. The fourth-order valence-electron chi connectivity index (χ4n) is 4.61. The number of hydrogen-bond donors (Lipinski definition) is 3. The summed E-state index contributed by atoms with van der Waals surface area (Å²) in [6, 6.07) is 10.7. The first-order chi connectivity index (χ1) is 16.4. The summed E-state index contributed by atoms with van der Waals surface area (Å²) in [6.45, 7) is 1.85. The lowest BCUT2D eigenvalue weighted by atomic mass is 9.75. The average molecular weight is 540 g/mol. The van der Waals surface area contributed by atoms with Gasteiger partial charge in [-0.05, 0) is 55.7 Å². The summed E-state index contributed by atoms with van der Waals surface area (Å²) in [5, 5.41) is 16.8. The molecule has 2 heterocycles. The number of carbonyl (C=O) groups is 2. The number of thiazole rings is 1. The van der Waals surface area contributed by atoms with Gasteiger partial charge in [0.2, 0.25) is 0 Å². The molecule has 0 saturated heterocycles. The number of methoxy groups -OCH3 is 1. The second-order valence-corrected chi connectivity index (χ2v) is 10.2. The van der Waals surface area contributed by atoms with Crippen LogP contribution in [0.4, 0.5) is 5.13 Å². The monoisotopic (exact) mass is 539 g/mol. The van der Waals surface area contributed by atoms with Gasteiger partial charge >= 0.3 is 0 Å². The number of aromatic hydroxyl groups is 1. The van der Waals surface area contributed by atoms with Crippen molar-refractivity contribution in [2.45, 2.75) is 32.1 Å². The van der Waals surface area contributed by atoms with Crippen molar-refractivity contribution < 1.29 is 19.4 Å². The molecule has 7 nitrogen and oxygen atoms in total. The highest BCUT2D eigenvalue weighted by molar-refractivity contribution is 9.10. The summed E-state index contributed by atoms with van der Waals surface area (Å²) in [5.74, 6) is -0.604. The molecule has 0 saturated carbocycles. The molecule has 1 aliphatic heterocycles. The predicted octanol–water partition coefficient (Wildman–Crippen LogP) is 5.38. The highest BCUT2D eigenvalue weighted by atomic mass is 79.9. The molecule has 1 aromatic heterocycles. The zero-order chi connectivity index (χ0) is 24.0. The molecule has 3 N–H and O–H groups in total. The fourth-order valence-corrected chi connectivity index (χ4v) is 6.02. The Hall–Kier alpha value is -3.17. The van der Waals surface area contributed by atoms with Crippen LogP contribution in [0.5, 0.6) is 11.5 Å². The van der Waals surface area contributed by atoms with Crippen molar-refractivity contribution in [1.82, 2.24) is 10.3 Å². The van der Waals surface area contributed by atoms with Gasteiger partial charge in [0, 0.05) is 39.4 Å². The zero-order valence-electron chi connectivity index (χ0n) is 18.6. The van der Waals surface area contributed by atoms with Crippen LogP contribution in [0.3, 0.4) is 0 Å². The number of hydrogen-bond acceptors (Lipinski definition) is 7. The Balaban J connectivity index is 1.58. The third-order valence-electron chi connectivity index (χ3n) is 6.13. The summed E-state index contributed by atoms with van der Waals surface area (Å²) in [6.07, 6.45) is 1.95. The van der Waals surface area contributed by atoms with Gasteiger partial charge in [0.05, 0.1) is 17.3 Å². The molecule has 0 bridgehead atoms. The van der Waals surface area contributed by atoms with Crippen LogP contribution < -0.4 is 15.4 Å². The van der Waals surface area contributed by atoms with Gasteiger partial charge in [-0.15, -0.1) is 0 Å². The van der Waals surface area contributed by atoms with Gasteiger partial charge in [-0.25, -0.2) is 4.98 Å². The third-order valence-corrected chi connectivity index (χ3v) is 7.56. The minimum absolute atomic E-state index is 0.00306. The molecular weight excluding hydrogens is 518 g/mol. The molecule has 34 heavy (non-hydrogen) atoms. The predicted molar refractivity (Wildman–Crippen MR) is 135 cm³/mol. The van der Waals surface area contributed by atoms with Crippen molar-refractivity contribution in [2.24, 2.45) is 0 Å². The topological polar surface area (TPSA) is 101 Å². The molecule has 174 valence electrons. The van der Waals surface area contributed by atoms with Gasteiger partial charge in [-0.2, -0.15) is 0 Å². The molecule has 9 heteroatoms. The van der Waals surface area contributed by atoms with E-state index in [0.29, 0.717) is 34.0 Å². The Bertz CT molecular complexity index is 1410. The van der Waals surface area contributed by atoms with Gasteiger partial charge in [0.15, 0.2) is 22.4 Å². The molecule has 1 aliphatic carbocycles. The number of amides is 1. The van der Waals surface area contributed by atoms with E-state index in [-0.39, 0.29) is 23.2 Å². The first kappa shape index (κ1) is 22.6. The maximum absolute atomic E-state index is 13.6. The maximum Gasteiger partial charge on any atom is 0.256 e. The van der Waals surface area contributed by atoms with Crippen LogP contribution in [0.1, 0.15) is 37.7 Å². The minimum atomic E-state index is -0.581. The molecule has 3 aromatic rings. The Labute approximate surface area is 208 Å². The Morgan fingerprint density at radius 2 is 2.09 bits per heavy atom.